The molecule has 0 radical (unpaired) electrons. The fraction of sp³-hybridized carbons (Fsp3) is 0.385. The van der Waals surface area contributed by atoms with E-state index in [0.717, 1.165) is 0 Å². The van der Waals surface area contributed by atoms with Crippen molar-refractivity contribution in [2.75, 3.05) is 0 Å². The number of hydrogen-bond donors (Lipinski definition) is 0. The molecule has 0 aliphatic rings. The minimum absolute atomic E-state index is 0.0159. The van der Waals surface area contributed by atoms with Crippen LogP contribution in [0.3, 0.4) is 0 Å². The average molecular weight is 946 g/mol. The van der Waals surface area contributed by atoms with Gasteiger partial charge < -0.3 is 34.5 Å². The predicted octanol–water partition coefficient (Wildman–Crippen LogP) is 7.56. The molecule has 0 spiro atoms. The van der Waals surface area contributed by atoms with E-state index in [4.69, 9.17) is 0 Å². The SMILES string of the molecule is CCCCCCCc1ccc([I+]c2ccc(CCCCCCC)cc2)cc1.Cc1ccc([I+]c2ccccc2)cc1.F[B-](F)(F)F.F[B-](F)(F)F. The Balaban J connectivity index is 0.000000445. The number of halogens is 10. The lowest BCUT2D eigenvalue weighted by Crippen LogP contribution is -3.61. The van der Waals surface area contributed by atoms with Crippen LogP contribution in [0.25, 0.3) is 0 Å². The van der Waals surface area contributed by atoms with Crippen LogP contribution in [-0.4, -0.2) is 14.5 Å². The van der Waals surface area contributed by atoms with Crippen molar-refractivity contribution in [1.82, 2.24) is 0 Å². The molecule has 0 saturated heterocycles. The smallest absolute Gasteiger partial charge is 0.418 e. The first-order valence-corrected chi connectivity index (χ1v) is 21.8. The summed E-state index contributed by atoms with van der Waals surface area (Å²) in [4.78, 5) is 0. The lowest BCUT2D eigenvalue weighted by molar-refractivity contribution is -0.597. The Kier molecular flexibility index (Phi) is 25.3. The summed E-state index contributed by atoms with van der Waals surface area (Å²) in [5, 5.41) is 0. The molecule has 0 saturated carbocycles. The monoisotopic (exact) mass is 946 g/mol. The number of aryl methyl sites for hydroxylation is 3. The molecular formula is C39H50B2F8I2. The quantitative estimate of drug-likeness (QED) is 0.0472. The first kappa shape index (κ1) is 46.9. The summed E-state index contributed by atoms with van der Waals surface area (Å²) in [6.45, 7) is 6.69. The van der Waals surface area contributed by atoms with Gasteiger partial charge >= 0.3 is 56.9 Å². The topological polar surface area (TPSA) is 0 Å². The Hall–Kier alpha value is -2.09. The molecule has 0 unspecified atom stereocenters. The highest BCUT2D eigenvalue weighted by Crippen LogP contribution is 2.10. The summed E-state index contributed by atoms with van der Waals surface area (Å²) in [7, 11) is -12.0. The fourth-order valence-electron chi connectivity index (χ4n) is 4.62. The predicted molar refractivity (Wildman–Crippen MR) is 191 cm³/mol. The molecule has 4 aromatic rings. The Bertz CT molecular complexity index is 1320. The van der Waals surface area contributed by atoms with Crippen LogP contribution in [0.15, 0.2) is 103 Å². The molecule has 0 atom stereocenters. The van der Waals surface area contributed by atoms with Gasteiger partial charge in [0.25, 0.3) is 0 Å². The number of rotatable bonds is 16. The largest absolute Gasteiger partial charge is 0.673 e. The molecule has 51 heavy (non-hydrogen) atoms. The third-order valence-electron chi connectivity index (χ3n) is 7.14. The minimum Gasteiger partial charge on any atom is -0.418 e. The standard InChI is InChI=1S/C26H38I.C13H12I.2BF4/c1-3-5-7-9-11-13-23-15-19-25(20-16-23)27-26-21-17-24(18-22-26)14-12-10-8-6-4-2;1-11-7-9-13(10-8-11)14-12-5-3-2-4-6-12;2*2-1(3,4)5/h15-22H,3-14H2,1-2H3;2-10H,1H3;;/q2*+1;2*-1. The van der Waals surface area contributed by atoms with Crippen molar-refractivity contribution in [2.45, 2.75) is 97.8 Å². The van der Waals surface area contributed by atoms with Crippen molar-refractivity contribution >= 4 is 14.5 Å². The van der Waals surface area contributed by atoms with E-state index in [1.54, 1.807) is 0 Å². The minimum atomic E-state index is -6.00. The van der Waals surface area contributed by atoms with Crippen molar-refractivity contribution in [1.29, 1.82) is 0 Å². The summed E-state index contributed by atoms with van der Waals surface area (Å²) in [5.41, 5.74) is 4.36. The second-order valence-corrected chi connectivity index (χ2v) is 17.9. The van der Waals surface area contributed by atoms with Crippen LogP contribution >= 0.6 is 0 Å². The van der Waals surface area contributed by atoms with Gasteiger partial charge in [-0.1, -0.05) is 125 Å². The van der Waals surface area contributed by atoms with Crippen LogP contribution in [0.1, 0.15) is 94.7 Å². The van der Waals surface area contributed by atoms with Crippen LogP contribution < -0.4 is 42.4 Å². The molecule has 4 aromatic carbocycles. The Morgan fingerprint density at radius 2 is 0.686 bits per heavy atom. The van der Waals surface area contributed by atoms with Gasteiger partial charge in [0.2, 0.25) is 0 Å². The summed E-state index contributed by atoms with van der Waals surface area (Å²) in [5.74, 6) is 0. The maximum absolute atomic E-state index is 9.75. The highest BCUT2D eigenvalue weighted by Gasteiger charge is 2.21. The molecule has 0 aliphatic carbocycles. The molecule has 0 amide bonds. The molecule has 0 nitrogen and oxygen atoms in total. The van der Waals surface area contributed by atoms with E-state index in [9.17, 15) is 34.5 Å². The van der Waals surface area contributed by atoms with Crippen molar-refractivity contribution < 1.29 is 76.9 Å². The van der Waals surface area contributed by atoms with Gasteiger partial charge in [0.05, 0.1) is 0 Å². The fourth-order valence-corrected chi connectivity index (χ4v) is 8.99. The molecule has 282 valence electrons. The van der Waals surface area contributed by atoms with Crippen LogP contribution in [0, 0.1) is 21.2 Å². The Morgan fingerprint density at radius 3 is 1.02 bits per heavy atom. The van der Waals surface area contributed by atoms with Gasteiger partial charge in [0.1, 0.15) is 0 Å². The number of benzene rings is 4. The Morgan fingerprint density at radius 1 is 0.392 bits per heavy atom. The third kappa shape index (κ3) is 30.1. The molecule has 0 N–H and O–H groups in total. The maximum Gasteiger partial charge on any atom is 0.673 e. The van der Waals surface area contributed by atoms with Crippen LogP contribution in [-0.2, 0) is 12.8 Å². The second kappa shape index (κ2) is 27.5. The highest BCUT2D eigenvalue weighted by atomic mass is 127. The molecule has 12 heteroatoms. The zero-order valence-corrected chi connectivity index (χ0v) is 34.0. The molecule has 0 bridgehead atoms. The van der Waals surface area contributed by atoms with Crippen LogP contribution in [0.2, 0.25) is 0 Å². The second-order valence-electron chi connectivity index (χ2n) is 11.9. The highest BCUT2D eigenvalue weighted by molar-refractivity contribution is 6.50. The zero-order chi connectivity index (χ0) is 38.0. The molecule has 0 fully saturated rings. The molecule has 0 aromatic heterocycles. The summed E-state index contributed by atoms with van der Waals surface area (Å²) in [6.07, 6.45) is 16.2. The number of unbranched alkanes of at least 4 members (excludes halogenated alkanes) is 8. The first-order valence-electron chi connectivity index (χ1n) is 17.5. The van der Waals surface area contributed by atoms with Crippen molar-refractivity contribution in [3.05, 3.63) is 134 Å². The van der Waals surface area contributed by atoms with Crippen molar-refractivity contribution in [3.8, 4) is 0 Å². The normalized spacial score (nSPS) is 11.0. The van der Waals surface area contributed by atoms with Gasteiger partial charge in [-0.15, -0.1) is 0 Å². The van der Waals surface area contributed by atoms with Crippen molar-refractivity contribution in [2.24, 2.45) is 0 Å². The third-order valence-corrected chi connectivity index (χ3v) is 12.5. The molecule has 0 heterocycles. The summed E-state index contributed by atoms with van der Waals surface area (Å²) >= 11 is -0.0249. The van der Waals surface area contributed by atoms with E-state index in [-0.39, 0.29) is 42.4 Å². The van der Waals surface area contributed by atoms with E-state index in [1.807, 2.05) is 0 Å². The van der Waals surface area contributed by atoms with E-state index in [1.165, 1.54) is 108 Å². The van der Waals surface area contributed by atoms with E-state index < -0.39 is 14.5 Å². The molecule has 0 aliphatic heterocycles. The van der Waals surface area contributed by atoms with Gasteiger partial charge in [-0.05, 0) is 92.3 Å². The van der Waals surface area contributed by atoms with E-state index in [2.05, 4.69) is 124 Å². The van der Waals surface area contributed by atoms with Gasteiger partial charge in [-0.25, -0.2) is 0 Å². The van der Waals surface area contributed by atoms with Crippen LogP contribution in [0.5, 0.6) is 0 Å². The zero-order valence-electron chi connectivity index (χ0n) is 29.7. The lowest BCUT2D eigenvalue weighted by atomic mass is 10.1. The van der Waals surface area contributed by atoms with Gasteiger partial charge in [-0.3, -0.25) is 0 Å². The summed E-state index contributed by atoms with van der Waals surface area (Å²) < 4.78 is 84.0. The average Bonchev–Trinajstić information content (AvgIpc) is 3.06. The first-order chi connectivity index (χ1) is 24.2. The number of hydrogen-bond acceptors (Lipinski definition) is 0. The van der Waals surface area contributed by atoms with Crippen LogP contribution in [0.4, 0.5) is 34.5 Å². The molecule has 4 rings (SSSR count). The maximum atomic E-state index is 9.75. The van der Waals surface area contributed by atoms with Crippen molar-refractivity contribution in [3.63, 3.8) is 0 Å². The van der Waals surface area contributed by atoms with Gasteiger partial charge in [0, 0.05) is 0 Å². The Labute approximate surface area is 321 Å². The molecular weight excluding hydrogens is 896 g/mol. The van der Waals surface area contributed by atoms with Gasteiger partial charge in [-0.2, -0.15) is 0 Å². The van der Waals surface area contributed by atoms with Gasteiger partial charge in [0.15, 0.2) is 14.3 Å². The lowest BCUT2D eigenvalue weighted by Gasteiger charge is -2.01. The van der Waals surface area contributed by atoms with E-state index in [0.29, 0.717) is 0 Å². The van der Waals surface area contributed by atoms with E-state index >= 15 is 0 Å². The summed E-state index contributed by atoms with van der Waals surface area (Å²) in [6, 6.07) is 38.5.